The molecule has 0 unspecified atom stereocenters. The lowest BCUT2D eigenvalue weighted by Gasteiger charge is -2.15. The zero-order valence-electron chi connectivity index (χ0n) is 15.5. The van der Waals surface area contributed by atoms with Gasteiger partial charge in [0, 0.05) is 19.7 Å². The summed E-state index contributed by atoms with van der Waals surface area (Å²) in [6, 6.07) is 11.1. The van der Waals surface area contributed by atoms with Crippen molar-refractivity contribution in [1.29, 1.82) is 0 Å². The Bertz CT molecular complexity index is 861. The van der Waals surface area contributed by atoms with Crippen LogP contribution in [-0.2, 0) is 11.2 Å². The average molecular weight is 370 g/mol. The van der Waals surface area contributed by atoms with Crippen LogP contribution in [0.5, 0.6) is 5.75 Å². The number of nitrogens with one attached hydrogen (secondary N) is 1. The van der Waals surface area contributed by atoms with Gasteiger partial charge >= 0.3 is 5.97 Å². The van der Waals surface area contributed by atoms with Gasteiger partial charge in [0.2, 0.25) is 5.91 Å². The van der Waals surface area contributed by atoms with Gasteiger partial charge in [0.1, 0.15) is 5.75 Å². The van der Waals surface area contributed by atoms with Gasteiger partial charge in [-0.05, 0) is 36.8 Å². The van der Waals surface area contributed by atoms with Crippen molar-refractivity contribution in [2.45, 2.75) is 13.3 Å². The number of amides is 2. The number of carbonyl (C=O) groups is 3. The first-order valence-electron chi connectivity index (χ1n) is 8.43. The fourth-order valence-electron chi connectivity index (χ4n) is 2.55. The molecule has 2 aromatic carbocycles. The third kappa shape index (κ3) is 5.07. The summed E-state index contributed by atoms with van der Waals surface area (Å²) < 4.78 is 5.51. The van der Waals surface area contributed by atoms with E-state index in [1.54, 1.807) is 50.5 Å². The van der Waals surface area contributed by atoms with Crippen molar-refractivity contribution in [2.24, 2.45) is 0 Å². The van der Waals surface area contributed by atoms with E-state index in [-0.39, 0.29) is 17.9 Å². The highest BCUT2D eigenvalue weighted by atomic mass is 16.5. The predicted molar refractivity (Wildman–Crippen MR) is 101 cm³/mol. The summed E-state index contributed by atoms with van der Waals surface area (Å²) in [7, 11) is 3.28. The Labute approximate surface area is 157 Å². The number of rotatable bonds is 7. The van der Waals surface area contributed by atoms with E-state index in [0.29, 0.717) is 29.2 Å². The summed E-state index contributed by atoms with van der Waals surface area (Å²) in [6.45, 7) is 2.21. The molecule has 0 radical (unpaired) electrons. The maximum absolute atomic E-state index is 12.5. The number of carboxylic acids is 1. The fourth-order valence-corrected chi connectivity index (χ4v) is 2.55. The number of carbonyl (C=O) groups excluding carboxylic acids is 2. The lowest BCUT2D eigenvalue weighted by molar-refractivity contribution is -0.115. The van der Waals surface area contributed by atoms with Gasteiger partial charge in [0.05, 0.1) is 24.3 Å². The van der Waals surface area contributed by atoms with Gasteiger partial charge in [0.25, 0.3) is 5.91 Å². The second kappa shape index (κ2) is 8.84. The first-order valence-corrected chi connectivity index (χ1v) is 8.43. The number of nitrogens with zero attached hydrogens (tertiary/aromatic N) is 1. The molecule has 0 atom stereocenters. The van der Waals surface area contributed by atoms with Crippen molar-refractivity contribution >= 4 is 23.5 Å². The Morgan fingerprint density at radius 3 is 2.44 bits per heavy atom. The van der Waals surface area contributed by atoms with Crippen molar-refractivity contribution in [3.63, 3.8) is 0 Å². The molecule has 2 N–H and O–H groups in total. The molecule has 0 aliphatic heterocycles. The minimum absolute atomic E-state index is 0.0780. The monoisotopic (exact) mass is 370 g/mol. The van der Waals surface area contributed by atoms with E-state index in [0.717, 1.165) is 0 Å². The summed E-state index contributed by atoms with van der Waals surface area (Å²) in [5.41, 5.74) is 1.25. The summed E-state index contributed by atoms with van der Waals surface area (Å²) in [6.07, 6.45) is -0.111. The molecule has 2 amide bonds. The number of anilines is 1. The lowest BCUT2D eigenvalue weighted by atomic mass is 10.0. The Kier molecular flexibility index (Phi) is 6.54. The lowest BCUT2D eigenvalue weighted by Crippen LogP contribution is -2.22. The molecule has 0 heterocycles. The van der Waals surface area contributed by atoms with E-state index in [9.17, 15) is 19.5 Å². The molecule has 142 valence electrons. The highest BCUT2D eigenvalue weighted by molar-refractivity contribution is 5.99. The molecule has 0 saturated carbocycles. The molecule has 0 aromatic heterocycles. The van der Waals surface area contributed by atoms with E-state index in [2.05, 4.69) is 5.32 Å². The van der Waals surface area contributed by atoms with Gasteiger partial charge in [0.15, 0.2) is 0 Å². The van der Waals surface area contributed by atoms with Crippen molar-refractivity contribution in [3.05, 3.63) is 59.2 Å². The summed E-state index contributed by atoms with van der Waals surface area (Å²) in [5, 5.41) is 12.0. The minimum Gasteiger partial charge on any atom is -0.492 e. The van der Waals surface area contributed by atoms with Gasteiger partial charge in [-0.15, -0.1) is 0 Å². The molecule has 7 heteroatoms. The Hall–Kier alpha value is -3.35. The van der Waals surface area contributed by atoms with E-state index >= 15 is 0 Å². The number of ether oxygens (including phenoxy) is 1. The van der Waals surface area contributed by atoms with Crippen LogP contribution in [0.25, 0.3) is 0 Å². The quantitative estimate of drug-likeness (QED) is 0.781. The first kappa shape index (κ1) is 20.0. The molecule has 2 rings (SSSR count). The smallest absolute Gasteiger partial charge is 0.335 e. The summed E-state index contributed by atoms with van der Waals surface area (Å²) in [4.78, 5) is 37.4. The van der Waals surface area contributed by atoms with Crippen LogP contribution in [0.1, 0.15) is 33.2 Å². The molecule has 0 aliphatic rings. The summed E-state index contributed by atoms with van der Waals surface area (Å²) in [5.74, 6) is -1.26. The van der Waals surface area contributed by atoms with Crippen LogP contribution in [0.15, 0.2) is 42.5 Å². The van der Waals surface area contributed by atoms with Crippen molar-refractivity contribution < 1.29 is 24.2 Å². The van der Waals surface area contributed by atoms with Crippen LogP contribution < -0.4 is 10.1 Å². The number of aromatic carboxylic acids is 1. The van der Waals surface area contributed by atoms with Gasteiger partial charge in [-0.3, -0.25) is 9.59 Å². The molecule has 7 nitrogen and oxygen atoms in total. The second-order valence-electron chi connectivity index (χ2n) is 6.03. The van der Waals surface area contributed by atoms with Crippen LogP contribution >= 0.6 is 0 Å². The van der Waals surface area contributed by atoms with E-state index in [1.165, 1.54) is 11.0 Å². The molecule has 0 spiro atoms. The Balaban J connectivity index is 2.26. The van der Waals surface area contributed by atoms with Gasteiger partial charge < -0.3 is 20.1 Å². The molecule has 0 saturated heterocycles. The zero-order valence-corrected chi connectivity index (χ0v) is 15.5. The number of hydrogen-bond acceptors (Lipinski definition) is 4. The zero-order chi connectivity index (χ0) is 20.0. The Morgan fingerprint density at radius 2 is 1.81 bits per heavy atom. The maximum Gasteiger partial charge on any atom is 0.335 e. The normalized spacial score (nSPS) is 10.2. The first-order chi connectivity index (χ1) is 12.8. The summed E-state index contributed by atoms with van der Waals surface area (Å²) >= 11 is 0. The molecular weight excluding hydrogens is 348 g/mol. The van der Waals surface area contributed by atoms with Crippen LogP contribution in [0.4, 0.5) is 5.69 Å². The number of carboxylic acid groups (broad SMARTS) is 1. The third-order valence-electron chi connectivity index (χ3n) is 3.81. The SMILES string of the molecule is CCOc1ccc(C(=O)N(C)C)cc1NC(=O)Cc1ccccc1C(=O)O. The predicted octanol–water partition coefficient (Wildman–Crippen LogP) is 2.67. The highest BCUT2D eigenvalue weighted by Gasteiger charge is 2.16. The van der Waals surface area contributed by atoms with Gasteiger partial charge in [-0.2, -0.15) is 0 Å². The molecule has 0 fully saturated rings. The molecule has 27 heavy (non-hydrogen) atoms. The topological polar surface area (TPSA) is 95.9 Å². The Morgan fingerprint density at radius 1 is 1.11 bits per heavy atom. The van der Waals surface area contributed by atoms with Crippen molar-refractivity contribution in [2.75, 3.05) is 26.0 Å². The van der Waals surface area contributed by atoms with Gasteiger partial charge in [-0.1, -0.05) is 18.2 Å². The van der Waals surface area contributed by atoms with E-state index in [1.807, 2.05) is 6.92 Å². The average Bonchev–Trinajstić information content (AvgIpc) is 2.62. The van der Waals surface area contributed by atoms with Crippen molar-refractivity contribution in [3.8, 4) is 5.75 Å². The fraction of sp³-hybridized carbons (Fsp3) is 0.250. The molecular formula is C20H22N2O5. The number of hydrogen-bond donors (Lipinski definition) is 2. The third-order valence-corrected chi connectivity index (χ3v) is 3.81. The van der Waals surface area contributed by atoms with Crippen LogP contribution in [0.2, 0.25) is 0 Å². The van der Waals surface area contributed by atoms with Crippen LogP contribution in [0.3, 0.4) is 0 Å². The second-order valence-corrected chi connectivity index (χ2v) is 6.03. The van der Waals surface area contributed by atoms with E-state index in [4.69, 9.17) is 4.74 Å². The molecule has 2 aromatic rings. The largest absolute Gasteiger partial charge is 0.492 e. The standard InChI is InChI=1S/C20H22N2O5/c1-4-27-17-10-9-14(19(24)22(2)3)11-16(17)21-18(23)12-13-7-5-6-8-15(13)20(25)26/h5-11H,4,12H2,1-3H3,(H,21,23)(H,25,26). The van der Waals surface area contributed by atoms with Crippen LogP contribution in [0, 0.1) is 0 Å². The van der Waals surface area contributed by atoms with Crippen molar-refractivity contribution in [1.82, 2.24) is 4.90 Å². The number of benzene rings is 2. The molecule has 0 aliphatic carbocycles. The maximum atomic E-state index is 12.5. The molecule has 0 bridgehead atoms. The van der Waals surface area contributed by atoms with Crippen LogP contribution in [-0.4, -0.2) is 48.5 Å². The van der Waals surface area contributed by atoms with E-state index < -0.39 is 11.9 Å². The minimum atomic E-state index is -1.09. The highest BCUT2D eigenvalue weighted by Crippen LogP contribution is 2.27. The van der Waals surface area contributed by atoms with Gasteiger partial charge in [-0.25, -0.2) is 4.79 Å².